The number of rotatable bonds is 4. The van der Waals surface area contributed by atoms with Crippen molar-refractivity contribution >= 4 is 54.6 Å². The number of benzene rings is 7. The average Bonchev–Trinajstić information content (AvgIpc) is 3.73. The zero-order chi connectivity index (χ0) is 31.6. The highest BCUT2D eigenvalue weighted by Crippen LogP contribution is 2.41. The molecule has 10 rings (SSSR count). The Morgan fingerprint density at radius 3 is 1.67 bits per heavy atom. The van der Waals surface area contributed by atoms with Crippen LogP contribution >= 0.6 is 0 Å². The zero-order valence-electron chi connectivity index (χ0n) is 25.6. The maximum atomic E-state index is 6.44. The third-order valence-electron chi connectivity index (χ3n) is 9.11. The molecule has 7 aromatic carbocycles. The molecule has 0 amide bonds. The van der Waals surface area contributed by atoms with Crippen LogP contribution in [-0.4, -0.2) is 15.0 Å². The van der Waals surface area contributed by atoms with Gasteiger partial charge in [-0.2, -0.15) is 0 Å². The van der Waals surface area contributed by atoms with Crippen LogP contribution in [0.3, 0.4) is 0 Å². The van der Waals surface area contributed by atoms with Gasteiger partial charge in [0.2, 0.25) is 0 Å². The molecule has 3 aromatic heterocycles. The minimum atomic E-state index is 0.584. The normalized spacial score (nSPS) is 11.8. The highest BCUT2D eigenvalue weighted by molar-refractivity contribution is 6.19. The number of nitrogens with zero attached hydrogens (tertiary/aromatic N) is 3. The molecule has 0 unspecified atom stereocenters. The fraction of sp³-hybridized carbons (Fsp3) is 0. The Labute approximate surface area is 274 Å². The van der Waals surface area contributed by atoms with Crippen molar-refractivity contribution in [3.63, 3.8) is 0 Å². The fourth-order valence-electron chi connectivity index (χ4n) is 6.85. The summed E-state index contributed by atoms with van der Waals surface area (Å²) in [5.74, 6) is 1.78. The summed E-state index contributed by atoms with van der Waals surface area (Å²) in [6.07, 6.45) is 0. The number of hydrogen-bond donors (Lipinski definition) is 0. The first-order valence-electron chi connectivity index (χ1n) is 15.9. The Bertz CT molecular complexity index is 2840. The van der Waals surface area contributed by atoms with Crippen LogP contribution in [0, 0.1) is 0 Å². The smallest absolute Gasteiger partial charge is 0.164 e. The van der Waals surface area contributed by atoms with Gasteiger partial charge in [-0.3, -0.25) is 0 Å². The molecule has 0 aliphatic rings. The van der Waals surface area contributed by atoms with E-state index in [-0.39, 0.29) is 0 Å². The highest BCUT2D eigenvalue weighted by Gasteiger charge is 2.20. The van der Waals surface area contributed by atoms with Crippen molar-refractivity contribution < 1.29 is 8.83 Å². The predicted octanol–water partition coefficient (Wildman–Crippen LogP) is 11.5. The maximum absolute atomic E-state index is 6.44. The molecule has 0 N–H and O–H groups in total. The summed E-state index contributed by atoms with van der Waals surface area (Å²) >= 11 is 0. The third kappa shape index (κ3) is 4.22. The lowest BCUT2D eigenvalue weighted by molar-refractivity contribution is 0.669. The Balaban J connectivity index is 1.26. The first-order valence-corrected chi connectivity index (χ1v) is 15.9. The zero-order valence-corrected chi connectivity index (χ0v) is 25.6. The van der Waals surface area contributed by atoms with Crippen LogP contribution in [0.15, 0.2) is 160 Å². The van der Waals surface area contributed by atoms with Crippen molar-refractivity contribution in [1.29, 1.82) is 0 Å². The van der Waals surface area contributed by atoms with Gasteiger partial charge < -0.3 is 8.83 Å². The molecule has 0 radical (unpaired) electrons. The molecule has 48 heavy (non-hydrogen) atoms. The van der Waals surface area contributed by atoms with Gasteiger partial charge in [-0.15, -0.1) is 0 Å². The van der Waals surface area contributed by atoms with Gasteiger partial charge >= 0.3 is 0 Å². The van der Waals surface area contributed by atoms with Crippen molar-refractivity contribution in [1.82, 2.24) is 15.0 Å². The molecule has 5 heteroatoms. The fourth-order valence-corrected chi connectivity index (χ4v) is 6.85. The molecule has 0 spiro atoms. The van der Waals surface area contributed by atoms with Crippen molar-refractivity contribution in [2.45, 2.75) is 0 Å². The lowest BCUT2D eigenvalue weighted by Gasteiger charge is -2.11. The molecule has 0 saturated heterocycles. The minimum absolute atomic E-state index is 0.584. The third-order valence-corrected chi connectivity index (χ3v) is 9.11. The van der Waals surface area contributed by atoms with E-state index in [0.29, 0.717) is 17.5 Å². The van der Waals surface area contributed by atoms with E-state index in [2.05, 4.69) is 60.7 Å². The second-order valence-electron chi connectivity index (χ2n) is 12.0. The lowest BCUT2D eigenvalue weighted by Crippen LogP contribution is -2.00. The molecule has 224 valence electrons. The van der Waals surface area contributed by atoms with Crippen molar-refractivity contribution in [2.75, 3.05) is 0 Å². The lowest BCUT2D eigenvalue weighted by atomic mass is 9.98. The number of hydrogen-bond acceptors (Lipinski definition) is 5. The van der Waals surface area contributed by atoms with E-state index >= 15 is 0 Å². The Morgan fingerprint density at radius 2 is 0.917 bits per heavy atom. The summed E-state index contributed by atoms with van der Waals surface area (Å²) in [7, 11) is 0. The van der Waals surface area contributed by atoms with Crippen LogP contribution in [-0.2, 0) is 0 Å². The van der Waals surface area contributed by atoms with E-state index in [4.69, 9.17) is 23.8 Å². The molecule has 0 bridgehead atoms. The predicted molar refractivity (Wildman–Crippen MR) is 194 cm³/mol. The standard InChI is InChI=1S/C43H25N3O2/c1-3-11-26(12-4-1)30-24-34(40-32-16-8-10-18-36(32)48-38(40)25-30)43-45-41(28-13-5-2-6-14-28)44-42(46-43)29-20-19-27-21-22-37-39(33(27)23-29)31-15-7-9-17-35(31)47-37/h1-25H. The van der Waals surface area contributed by atoms with Gasteiger partial charge in [-0.1, -0.05) is 115 Å². The molecule has 3 heterocycles. The van der Waals surface area contributed by atoms with Crippen LogP contribution in [0.1, 0.15) is 0 Å². The molecule has 0 aliphatic heterocycles. The van der Waals surface area contributed by atoms with E-state index in [9.17, 15) is 0 Å². The van der Waals surface area contributed by atoms with Gasteiger partial charge in [0.05, 0.1) is 0 Å². The van der Waals surface area contributed by atoms with Crippen molar-refractivity contribution in [3.05, 3.63) is 152 Å². The van der Waals surface area contributed by atoms with Gasteiger partial charge in [-0.05, 0) is 58.3 Å². The molecule has 0 saturated carbocycles. The average molecular weight is 616 g/mol. The molecule has 0 fully saturated rings. The quantitative estimate of drug-likeness (QED) is 0.197. The van der Waals surface area contributed by atoms with E-state index in [0.717, 1.165) is 82.5 Å². The highest BCUT2D eigenvalue weighted by atomic mass is 16.3. The topological polar surface area (TPSA) is 65.0 Å². The van der Waals surface area contributed by atoms with Gasteiger partial charge in [0.25, 0.3) is 0 Å². The van der Waals surface area contributed by atoms with E-state index < -0.39 is 0 Å². The van der Waals surface area contributed by atoms with E-state index in [1.807, 2.05) is 91.0 Å². The number of aromatic nitrogens is 3. The SMILES string of the molecule is c1ccc(-c2cc(-c3nc(-c4ccccc4)nc(-c4ccc5ccc6oc7ccccc7c6c5c4)n3)c3c(c2)oc2ccccc23)cc1. The largest absolute Gasteiger partial charge is 0.456 e. The molecular weight excluding hydrogens is 590 g/mol. The van der Waals surface area contributed by atoms with Crippen LogP contribution in [0.5, 0.6) is 0 Å². The van der Waals surface area contributed by atoms with Crippen LogP contribution in [0.4, 0.5) is 0 Å². The van der Waals surface area contributed by atoms with Gasteiger partial charge in [0, 0.05) is 38.2 Å². The summed E-state index contributed by atoms with van der Waals surface area (Å²) in [4.78, 5) is 15.4. The maximum Gasteiger partial charge on any atom is 0.164 e. The Hall–Kier alpha value is -6.59. The second kappa shape index (κ2) is 10.5. The van der Waals surface area contributed by atoms with Gasteiger partial charge in [0.15, 0.2) is 17.5 Å². The van der Waals surface area contributed by atoms with Crippen LogP contribution in [0.2, 0.25) is 0 Å². The molecule has 0 aliphatic carbocycles. The summed E-state index contributed by atoms with van der Waals surface area (Å²) in [6, 6.07) is 51.6. The van der Waals surface area contributed by atoms with Gasteiger partial charge in [0.1, 0.15) is 22.3 Å². The molecular formula is C43H25N3O2. The Kier molecular flexibility index (Phi) is 5.81. The van der Waals surface area contributed by atoms with Crippen molar-refractivity contribution in [2.24, 2.45) is 0 Å². The second-order valence-corrected chi connectivity index (χ2v) is 12.0. The first-order chi connectivity index (χ1) is 23.8. The van der Waals surface area contributed by atoms with Crippen molar-refractivity contribution in [3.8, 4) is 45.3 Å². The summed E-state index contributed by atoms with van der Waals surface area (Å²) < 4.78 is 12.7. The van der Waals surface area contributed by atoms with Gasteiger partial charge in [-0.25, -0.2) is 15.0 Å². The molecule has 10 aromatic rings. The van der Waals surface area contributed by atoms with E-state index in [1.54, 1.807) is 0 Å². The Morgan fingerprint density at radius 1 is 0.333 bits per heavy atom. The molecule has 5 nitrogen and oxygen atoms in total. The molecule has 0 atom stereocenters. The number of para-hydroxylation sites is 2. The first kappa shape index (κ1) is 26.6. The summed E-state index contributed by atoms with van der Waals surface area (Å²) in [6.45, 7) is 0. The summed E-state index contributed by atoms with van der Waals surface area (Å²) in [5, 5.41) is 6.38. The van der Waals surface area contributed by atoms with E-state index in [1.165, 1.54) is 0 Å². The minimum Gasteiger partial charge on any atom is -0.456 e. The van der Waals surface area contributed by atoms with Crippen LogP contribution < -0.4 is 0 Å². The number of fused-ring (bicyclic) bond motifs is 8. The monoisotopic (exact) mass is 615 g/mol. The number of furan rings is 2. The van der Waals surface area contributed by atoms with Crippen LogP contribution in [0.25, 0.3) is 99.9 Å². The summed E-state index contributed by atoms with van der Waals surface area (Å²) in [5.41, 5.74) is 8.15.